The van der Waals surface area contributed by atoms with Gasteiger partial charge in [0, 0.05) is 0 Å². The van der Waals surface area contributed by atoms with Crippen molar-refractivity contribution in [1.29, 1.82) is 0 Å². The number of hydrogen-bond donors (Lipinski definition) is 4. The molecule has 398 valence electrons. The maximum Gasteiger partial charge on any atom is 0.222 e. The van der Waals surface area contributed by atoms with Crippen LogP contribution in [0.1, 0.15) is 341 Å². The summed E-state index contributed by atoms with van der Waals surface area (Å²) in [5.41, 5.74) is 0. The zero-order chi connectivity index (χ0) is 48.6. The van der Waals surface area contributed by atoms with Crippen LogP contribution in [-0.4, -0.2) is 46.1 Å². The third kappa shape index (κ3) is 54.0. The van der Waals surface area contributed by atoms with Crippen LogP contribution in [0.15, 0.2) is 24.3 Å². The highest BCUT2D eigenvalue weighted by atomic mass is 16.3. The lowest BCUT2D eigenvalue weighted by atomic mass is 10.0. The molecule has 0 fully saturated rings. The SMILES string of the molecule is CCCCCCCCCCCCCC/C=C\CCCCCCCCCCCCCCCC(O)CC(=O)NC(CO)C(O)/C=C/CCCCCCCCCCCCCCCCCCCCCCC. The van der Waals surface area contributed by atoms with Gasteiger partial charge in [0.1, 0.15) is 0 Å². The first-order valence-corrected chi connectivity index (χ1v) is 30.6. The second-order valence-electron chi connectivity index (χ2n) is 21.3. The van der Waals surface area contributed by atoms with Gasteiger partial charge in [-0.3, -0.25) is 4.79 Å². The highest BCUT2D eigenvalue weighted by molar-refractivity contribution is 5.76. The summed E-state index contributed by atoms with van der Waals surface area (Å²) >= 11 is 0. The molecule has 0 aliphatic heterocycles. The molecule has 0 radical (unpaired) electrons. The monoisotopic (exact) mass is 944 g/mol. The van der Waals surface area contributed by atoms with E-state index in [4.69, 9.17) is 0 Å². The zero-order valence-corrected chi connectivity index (χ0v) is 45.6. The molecule has 0 aromatic heterocycles. The van der Waals surface area contributed by atoms with Crippen molar-refractivity contribution in [1.82, 2.24) is 5.32 Å². The standard InChI is InChI=1S/C62H121NO4/c1-3-5-7-9-11-13-15-17-19-21-23-25-27-28-29-30-31-32-34-35-37-39-41-43-45-47-49-51-53-55-59(65)57-62(67)63-60(58-64)61(66)56-54-52-50-48-46-44-42-40-38-36-33-26-24-22-20-18-16-14-12-10-8-6-4-2/h28-29,54,56,59-61,64-66H,3-27,30-53,55,57-58H2,1-2H3,(H,63,67)/b29-28-,56-54+. The van der Waals surface area contributed by atoms with Crippen LogP contribution in [0.4, 0.5) is 0 Å². The molecule has 67 heavy (non-hydrogen) atoms. The van der Waals surface area contributed by atoms with E-state index in [9.17, 15) is 20.1 Å². The third-order valence-corrected chi connectivity index (χ3v) is 14.5. The fourth-order valence-electron chi connectivity index (χ4n) is 9.81. The van der Waals surface area contributed by atoms with E-state index >= 15 is 0 Å². The molecular formula is C62H121NO4. The largest absolute Gasteiger partial charge is 0.394 e. The number of hydrogen-bond acceptors (Lipinski definition) is 4. The van der Waals surface area contributed by atoms with Gasteiger partial charge in [0.25, 0.3) is 0 Å². The molecule has 0 aromatic carbocycles. The van der Waals surface area contributed by atoms with Gasteiger partial charge in [0.05, 0.1) is 31.3 Å². The van der Waals surface area contributed by atoms with Crippen molar-refractivity contribution >= 4 is 5.91 Å². The Morgan fingerprint density at radius 1 is 0.373 bits per heavy atom. The number of aliphatic hydroxyl groups is 3. The van der Waals surface area contributed by atoms with E-state index in [1.165, 1.54) is 289 Å². The van der Waals surface area contributed by atoms with Crippen LogP contribution in [0, 0.1) is 0 Å². The lowest BCUT2D eigenvalue weighted by Crippen LogP contribution is -2.45. The number of allylic oxidation sites excluding steroid dienone is 3. The Bertz CT molecular complexity index is 998. The molecule has 1 amide bonds. The molecule has 3 atom stereocenters. The van der Waals surface area contributed by atoms with Crippen molar-refractivity contribution in [3.05, 3.63) is 24.3 Å². The first-order valence-electron chi connectivity index (χ1n) is 30.6. The van der Waals surface area contributed by atoms with Crippen LogP contribution in [-0.2, 0) is 4.79 Å². The third-order valence-electron chi connectivity index (χ3n) is 14.5. The summed E-state index contributed by atoms with van der Waals surface area (Å²) in [6.07, 6.45) is 73.9. The summed E-state index contributed by atoms with van der Waals surface area (Å²) in [5.74, 6) is -0.309. The van der Waals surface area contributed by atoms with Crippen molar-refractivity contribution in [3.8, 4) is 0 Å². The molecular weight excluding hydrogens is 823 g/mol. The topological polar surface area (TPSA) is 89.8 Å². The molecule has 0 bridgehead atoms. The van der Waals surface area contributed by atoms with Crippen LogP contribution in [0.5, 0.6) is 0 Å². The normalized spacial score (nSPS) is 13.3. The number of nitrogens with one attached hydrogen (secondary N) is 1. The van der Waals surface area contributed by atoms with Crippen molar-refractivity contribution in [2.75, 3.05) is 6.61 Å². The molecule has 0 spiro atoms. The number of rotatable bonds is 57. The molecule has 0 saturated heterocycles. The maximum atomic E-state index is 12.5. The molecule has 0 aliphatic carbocycles. The van der Waals surface area contributed by atoms with Crippen LogP contribution < -0.4 is 5.32 Å². The second kappa shape index (κ2) is 57.4. The van der Waals surface area contributed by atoms with Crippen LogP contribution in [0.2, 0.25) is 0 Å². The van der Waals surface area contributed by atoms with E-state index in [1.807, 2.05) is 6.08 Å². The van der Waals surface area contributed by atoms with Gasteiger partial charge in [-0.15, -0.1) is 0 Å². The fourth-order valence-corrected chi connectivity index (χ4v) is 9.81. The zero-order valence-electron chi connectivity index (χ0n) is 45.6. The first-order chi connectivity index (χ1) is 33.0. The summed E-state index contributed by atoms with van der Waals surface area (Å²) < 4.78 is 0. The average molecular weight is 945 g/mol. The minimum Gasteiger partial charge on any atom is -0.394 e. The Hall–Kier alpha value is -1.17. The van der Waals surface area contributed by atoms with Crippen molar-refractivity contribution < 1.29 is 20.1 Å². The maximum absolute atomic E-state index is 12.5. The molecule has 0 heterocycles. The van der Waals surface area contributed by atoms with Gasteiger partial charge < -0.3 is 20.6 Å². The number of unbranched alkanes of at least 4 members (excludes halogenated alkanes) is 46. The van der Waals surface area contributed by atoms with Crippen molar-refractivity contribution in [3.63, 3.8) is 0 Å². The Balaban J connectivity index is 3.52. The molecule has 0 saturated carbocycles. The number of amides is 1. The van der Waals surface area contributed by atoms with E-state index in [-0.39, 0.29) is 18.9 Å². The van der Waals surface area contributed by atoms with Crippen molar-refractivity contribution in [2.45, 2.75) is 360 Å². The number of carbonyl (C=O) groups is 1. The lowest BCUT2D eigenvalue weighted by Gasteiger charge is -2.21. The predicted octanol–water partition coefficient (Wildman–Crippen LogP) is 19.2. The van der Waals surface area contributed by atoms with Crippen LogP contribution >= 0.6 is 0 Å². The van der Waals surface area contributed by atoms with Gasteiger partial charge in [-0.05, 0) is 44.9 Å². The molecule has 3 unspecified atom stereocenters. The lowest BCUT2D eigenvalue weighted by molar-refractivity contribution is -0.124. The molecule has 5 heteroatoms. The van der Waals surface area contributed by atoms with E-state index < -0.39 is 18.2 Å². The summed E-state index contributed by atoms with van der Waals surface area (Å²) in [5, 5.41) is 33.5. The Kier molecular flexibility index (Phi) is 56.4. The van der Waals surface area contributed by atoms with Gasteiger partial charge in [0.2, 0.25) is 5.91 Å². The van der Waals surface area contributed by atoms with Gasteiger partial charge in [-0.2, -0.15) is 0 Å². The molecule has 0 rings (SSSR count). The molecule has 5 nitrogen and oxygen atoms in total. The van der Waals surface area contributed by atoms with Gasteiger partial charge >= 0.3 is 0 Å². The predicted molar refractivity (Wildman–Crippen MR) is 296 cm³/mol. The van der Waals surface area contributed by atoms with E-state index in [0.29, 0.717) is 6.42 Å². The first kappa shape index (κ1) is 65.8. The second-order valence-corrected chi connectivity index (χ2v) is 21.3. The van der Waals surface area contributed by atoms with Crippen LogP contribution in [0.25, 0.3) is 0 Å². The Morgan fingerprint density at radius 3 is 0.910 bits per heavy atom. The molecule has 0 aromatic rings. The molecule has 0 aliphatic rings. The van der Waals surface area contributed by atoms with Crippen molar-refractivity contribution in [2.24, 2.45) is 0 Å². The Labute approximate surface area is 420 Å². The quantitative estimate of drug-likeness (QED) is 0.0361. The summed E-state index contributed by atoms with van der Waals surface area (Å²) in [6.45, 7) is 4.26. The summed E-state index contributed by atoms with van der Waals surface area (Å²) in [4.78, 5) is 12.5. The highest BCUT2D eigenvalue weighted by Gasteiger charge is 2.20. The summed E-state index contributed by atoms with van der Waals surface area (Å²) in [7, 11) is 0. The smallest absolute Gasteiger partial charge is 0.222 e. The van der Waals surface area contributed by atoms with Crippen LogP contribution in [0.3, 0.4) is 0 Å². The minimum absolute atomic E-state index is 0.0168. The average Bonchev–Trinajstić information content (AvgIpc) is 3.32. The molecule has 4 N–H and O–H groups in total. The Morgan fingerprint density at radius 2 is 0.627 bits per heavy atom. The van der Waals surface area contributed by atoms with E-state index in [0.717, 1.165) is 25.7 Å². The van der Waals surface area contributed by atoms with Gasteiger partial charge in [-0.25, -0.2) is 0 Å². The number of carbonyl (C=O) groups excluding carboxylic acids is 1. The minimum atomic E-state index is -0.929. The van der Waals surface area contributed by atoms with E-state index in [2.05, 4.69) is 31.3 Å². The van der Waals surface area contributed by atoms with Gasteiger partial charge in [0.15, 0.2) is 0 Å². The fraction of sp³-hybridized carbons (Fsp3) is 0.919. The van der Waals surface area contributed by atoms with Gasteiger partial charge in [-0.1, -0.05) is 314 Å². The summed E-state index contributed by atoms with van der Waals surface area (Å²) in [6, 6.07) is -0.744. The highest BCUT2D eigenvalue weighted by Crippen LogP contribution is 2.18. The van der Waals surface area contributed by atoms with E-state index in [1.54, 1.807) is 6.08 Å². The number of aliphatic hydroxyl groups excluding tert-OH is 3.